The predicted molar refractivity (Wildman–Crippen MR) is 66.5 cm³/mol. The van der Waals surface area contributed by atoms with Crippen molar-refractivity contribution in [1.82, 2.24) is 19.5 Å². The standard InChI is InChI=1S/C12H8N4S/c1(5-16-6-4-13-9-16)2-11-10-3-7-17-12(10)15-8-14-11/h3-4,6-9H,5H2. The molecule has 3 rings (SSSR count). The first kappa shape index (κ1) is 10.00. The average molecular weight is 240 g/mol. The molecule has 0 saturated heterocycles. The predicted octanol–water partition coefficient (Wildman–Crippen LogP) is 1.94. The molecular weight excluding hydrogens is 232 g/mol. The molecule has 17 heavy (non-hydrogen) atoms. The van der Waals surface area contributed by atoms with Crippen LogP contribution in [0.3, 0.4) is 0 Å². The number of rotatable bonds is 1. The van der Waals surface area contributed by atoms with Gasteiger partial charge >= 0.3 is 0 Å². The number of aromatic nitrogens is 4. The zero-order valence-corrected chi connectivity index (χ0v) is 9.68. The van der Waals surface area contributed by atoms with Crippen molar-refractivity contribution in [1.29, 1.82) is 0 Å². The number of imidazole rings is 1. The van der Waals surface area contributed by atoms with Gasteiger partial charge in [0.15, 0.2) is 0 Å². The first-order chi connectivity index (χ1) is 8.43. The fourth-order valence-corrected chi connectivity index (χ4v) is 2.22. The number of hydrogen-bond acceptors (Lipinski definition) is 4. The van der Waals surface area contributed by atoms with Crippen molar-refractivity contribution >= 4 is 21.6 Å². The zero-order chi connectivity index (χ0) is 11.5. The Morgan fingerprint density at radius 3 is 3.24 bits per heavy atom. The monoisotopic (exact) mass is 240 g/mol. The molecule has 3 aromatic heterocycles. The summed E-state index contributed by atoms with van der Waals surface area (Å²) in [6.07, 6.45) is 6.92. The summed E-state index contributed by atoms with van der Waals surface area (Å²) >= 11 is 1.60. The van der Waals surface area contributed by atoms with Crippen LogP contribution in [0.5, 0.6) is 0 Å². The summed E-state index contributed by atoms with van der Waals surface area (Å²) in [5.74, 6) is 6.14. The zero-order valence-electron chi connectivity index (χ0n) is 8.87. The molecule has 0 fully saturated rings. The van der Waals surface area contributed by atoms with Crippen LogP contribution in [0.25, 0.3) is 10.2 Å². The molecule has 0 aliphatic heterocycles. The Labute approximate surface area is 102 Å². The summed E-state index contributed by atoms with van der Waals surface area (Å²) in [7, 11) is 0. The van der Waals surface area contributed by atoms with Crippen LogP contribution in [-0.2, 0) is 6.54 Å². The molecule has 0 aliphatic carbocycles. The molecule has 0 spiro atoms. The van der Waals surface area contributed by atoms with E-state index in [0.29, 0.717) is 6.54 Å². The second-order valence-corrected chi connectivity index (χ2v) is 4.29. The van der Waals surface area contributed by atoms with Gasteiger partial charge in [0.2, 0.25) is 0 Å². The van der Waals surface area contributed by atoms with Crippen LogP contribution in [0.4, 0.5) is 0 Å². The van der Waals surface area contributed by atoms with Crippen LogP contribution in [0.1, 0.15) is 5.69 Å². The highest BCUT2D eigenvalue weighted by atomic mass is 32.1. The van der Waals surface area contributed by atoms with E-state index >= 15 is 0 Å². The van der Waals surface area contributed by atoms with Gasteiger partial charge < -0.3 is 4.57 Å². The van der Waals surface area contributed by atoms with Crippen LogP contribution in [0, 0.1) is 11.8 Å². The third-order valence-electron chi connectivity index (χ3n) is 2.29. The second kappa shape index (κ2) is 4.36. The Kier molecular flexibility index (Phi) is 2.56. The van der Waals surface area contributed by atoms with Gasteiger partial charge in [-0.2, -0.15) is 0 Å². The van der Waals surface area contributed by atoms with Crippen LogP contribution in [-0.4, -0.2) is 19.5 Å². The molecule has 82 valence electrons. The van der Waals surface area contributed by atoms with Gasteiger partial charge in [-0.25, -0.2) is 15.0 Å². The first-order valence-electron chi connectivity index (χ1n) is 5.06. The lowest BCUT2D eigenvalue weighted by Gasteiger charge is -1.93. The fourth-order valence-electron chi connectivity index (χ4n) is 1.48. The maximum absolute atomic E-state index is 4.20. The van der Waals surface area contributed by atoms with E-state index in [1.807, 2.05) is 22.2 Å². The Morgan fingerprint density at radius 1 is 1.35 bits per heavy atom. The SMILES string of the molecule is C(#Cc1ncnc2sccc12)Cn1ccnc1. The van der Waals surface area contributed by atoms with Crippen LogP contribution in [0.15, 0.2) is 36.5 Å². The van der Waals surface area contributed by atoms with E-state index in [1.165, 1.54) is 0 Å². The quantitative estimate of drug-likeness (QED) is 0.610. The van der Waals surface area contributed by atoms with Gasteiger partial charge in [0, 0.05) is 17.8 Å². The van der Waals surface area contributed by atoms with Gasteiger partial charge in [-0.1, -0.05) is 5.92 Å². The Bertz CT molecular complexity index is 688. The van der Waals surface area contributed by atoms with Crippen LogP contribution in [0.2, 0.25) is 0 Å². The second-order valence-electron chi connectivity index (χ2n) is 3.40. The number of nitrogens with zero attached hydrogens (tertiary/aromatic N) is 4. The lowest BCUT2D eigenvalue weighted by Crippen LogP contribution is -1.91. The van der Waals surface area contributed by atoms with Crippen molar-refractivity contribution in [2.45, 2.75) is 6.54 Å². The lowest BCUT2D eigenvalue weighted by molar-refractivity contribution is 0.839. The highest BCUT2D eigenvalue weighted by Gasteiger charge is 2.00. The summed E-state index contributed by atoms with van der Waals surface area (Å²) in [6, 6.07) is 2.00. The topological polar surface area (TPSA) is 43.6 Å². The van der Waals surface area contributed by atoms with Gasteiger partial charge in [0.05, 0.1) is 12.9 Å². The minimum atomic E-state index is 0.621. The van der Waals surface area contributed by atoms with Crippen molar-refractivity contribution in [2.24, 2.45) is 0 Å². The van der Waals surface area contributed by atoms with Crippen molar-refractivity contribution in [3.63, 3.8) is 0 Å². The third-order valence-corrected chi connectivity index (χ3v) is 3.11. The number of thiophene rings is 1. The van der Waals surface area contributed by atoms with Crippen LogP contribution >= 0.6 is 11.3 Å². The Morgan fingerprint density at radius 2 is 2.35 bits per heavy atom. The van der Waals surface area contributed by atoms with E-state index in [2.05, 4.69) is 26.8 Å². The maximum atomic E-state index is 4.20. The molecule has 0 bridgehead atoms. The summed E-state index contributed by atoms with van der Waals surface area (Å²) in [5.41, 5.74) is 0.788. The smallest absolute Gasteiger partial charge is 0.127 e. The maximum Gasteiger partial charge on any atom is 0.127 e. The molecule has 0 atom stereocenters. The Balaban J connectivity index is 1.90. The largest absolute Gasteiger partial charge is 0.326 e. The van der Waals surface area contributed by atoms with Crippen molar-refractivity contribution in [2.75, 3.05) is 0 Å². The fraction of sp³-hybridized carbons (Fsp3) is 0.0833. The highest BCUT2D eigenvalue weighted by molar-refractivity contribution is 7.16. The molecule has 0 radical (unpaired) electrons. The molecule has 0 aromatic carbocycles. The normalized spacial score (nSPS) is 10.1. The summed E-state index contributed by atoms with van der Waals surface area (Å²) < 4.78 is 1.92. The van der Waals surface area contributed by atoms with E-state index in [1.54, 1.807) is 30.2 Å². The van der Waals surface area contributed by atoms with Crippen molar-refractivity contribution in [3.05, 3.63) is 42.2 Å². The average Bonchev–Trinajstić information content (AvgIpc) is 2.99. The molecular formula is C12H8N4S. The molecule has 5 heteroatoms. The number of hydrogen-bond donors (Lipinski definition) is 0. The van der Waals surface area contributed by atoms with Gasteiger partial charge in [-0.15, -0.1) is 11.3 Å². The summed E-state index contributed by atoms with van der Waals surface area (Å²) in [5, 5.41) is 3.02. The highest BCUT2D eigenvalue weighted by Crippen LogP contribution is 2.19. The van der Waals surface area contributed by atoms with Gasteiger partial charge in [0.25, 0.3) is 0 Å². The van der Waals surface area contributed by atoms with E-state index < -0.39 is 0 Å². The van der Waals surface area contributed by atoms with Gasteiger partial charge in [-0.05, 0) is 17.4 Å². The molecule has 0 N–H and O–H groups in total. The molecule has 4 nitrogen and oxygen atoms in total. The summed E-state index contributed by atoms with van der Waals surface area (Å²) in [4.78, 5) is 13.3. The lowest BCUT2D eigenvalue weighted by atomic mass is 10.3. The minimum Gasteiger partial charge on any atom is -0.326 e. The Hall–Kier alpha value is -2.19. The van der Waals surface area contributed by atoms with Crippen molar-refractivity contribution < 1.29 is 0 Å². The molecule has 3 aromatic rings. The van der Waals surface area contributed by atoms with Crippen LogP contribution < -0.4 is 0 Å². The molecule has 3 heterocycles. The molecule has 0 saturated carbocycles. The first-order valence-corrected chi connectivity index (χ1v) is 5.94. The summed E-state index contributed by atoms with van der Waals surface area (Å²) in [6.45, 7) is 0.621. The molecule has 0 aliphatic rings. The number of fused-ring (bicyclic) bond motifs is 1. The van der Waals surface area contributed by atoms with Crippen molar-refractivity contribution in [3.8, 4) is 11.8 Å². The van der Waals surface area contributed by atoms with E-state index in [-0.39, 0.29) is 0 Å². The van der Waals surface area contributed by atoms with Gasteiger partial charge in [0.1, 0.15) is 16.9 Å². The van der Waals surface area contributed by atoms with Gasteiger partial charge in [-0.3, -0.25) is 0 Å². The van der Waals surface area contributed by atoms with E-state index in [0.717, 1.165) is 15.9 Å². The minimum absolute atomic E-state index is 0.621. The molecule has 0 amide bonds. The third kappa shape index (κ3) is 2.03. The van der Waals surface area contributed by atoms with E-state index in [4.69, 9.17) is 0 Å². The molecule has 0 unspecified atom stereocenters. The van der Waals surface area contributed by atoms with E-state index in [9.17, 15) is 0 Å².